The van der Waals surface area contributed by atoms with Gasteiger partial charge in [-0.15, -0.1) is 0 Å². The van der Waals surface area contributed by atoms with E-state index in [0.29, 0.717) is 59.7 Å². The first-order valence-electron chi connectivity index (χ1n) is 13.2. The summed E-state index contributed by atoms with van der Waals surface area (Å²) in [5, 5.41) is 25.3. The summed E-state index contributed by atoms with van der Waals surface area (Å²) in [5.41, 5.74) is 4.64. The Balaban J connectivity index is 1.49. The van der Waals surface area contributed by atoms with Crippen molar-refractivity contribution in [3.8, 4) is 11.3 Å². The number of carboxylic acid groups (broad SMARTS) is 1. The number of nitrogens with one attached hydrogen (secondary N) is 2. The van der Waals surface area contributed by atoms with Crippen molar-refractivity contribution in [2.24, 2.45) is 0 Å². The van der Waals surface area contributed by atoms with Crippen LogP contribution >= 0.6 is 0 Å². The van der Waals surface area contributed by atoms with Gasteiger partial charge in [0, 0.05) is 54.6 Å². The zero-order valence-electron chi connectivity index (χ0n) is 22.4. The van der Waals surface area contributed by atoms with E-state index in [4.69, 9.17) is 9.52 Å². The van der Waals surface area contributed by atoms with Crippen LogP contribution in [-0.2, 0) is 6.54 Å². The molecule has 0 radical (unpaired) electrons. The quantitative estimate of drug-likeness (QED) is 0.220. The van der Waals surface area contributed by atoms with Crippen LogP contribution in [0.1, 0.15) is 50.4 Å². The third-order valence-electron chi connectivity index (χ3n) is 7.11. The molecular formula is C31H31N3O6. The Labute approximate surface area is 231 Å². The third kappa shape index (κ3) is 5.34. The molecule has 9 heteroatoms. The van der Waals surface area contributed by atoms with Gasteiger partial charge >= 0.3 is 5.97 Å². The Bertz CT molecular complexity index is 1660. The van der Waals surface area contributed by atoms with E-state index in [2.05, 4.69) is 10.6 Å². The molecule has 1 unspecified atom stereocenters. The first kappa shape index (κ1) is 27.1. The molecule has 2 heterocycles. The minimum absolute atomic E-state index is 0.0419. The molecule has 0 aliphatic carbocycles. The van der Waals surface area contributed by atoms with Crippen molar-refractivity contribution in [1.82, 2.24) is 10.2 Å². The number of carboxylic acids is 1. The number of para-hydroxylation sites is 1. The number of fused-ring (bicyclic) bond motifs is 2. The molecule has 40 heavy (non-hydrogen) atoms. The number of aliphatic hydroxyl groups excluding tert-OH is 1. The van der Waals surface area contributed by atoms with Gasteiger partial charge in [0.05, 0.1) is 23.6 Å². The van der Waals surface area contributed by atoms with Crippen LogP contribution in [0.5, 0.6) is 0 Å². The van der Waals surface area contributed by atoms with Crippen molar-refractivity contribution in [1.29, 1.82) is 0 Å². The van der Waals surface area contributed by atoms with Crippen LogP contribution in [-0.4, -0.2) is 53.2 Å². The first-order valence-corrected chi connectivity index (χ1v) is 13.2. The molecule has 0 fully saturated rings. The predicted molar refractivity (Wildman–Crippen MR) is 153 cm³/mol. The number of amides is 1. The molecule has 4 aromatic rings. The third-order valence-corrected chi connectivity index (χ3v) is 7.11. The minimum Gasteiger partial charge on any atom is -0.478 e. The van der Waals surface area contributed by atoms with Crippen LogP contribution in [0.2, 0.25) is 0 Å². The number of hydrogen-bond acceptors (Lipinski definition) is 7. The zero-order chi connectivity index (χ0) is 28.4. The van der Waals surface area contributed by atoms with Gasteiger partial charge in [-0.1, -0.05) is 24.3 Å². The molecule has 206 valence electrons. The number of anilines is 1. The van der Waals surface area contributed by atoms with E-state index < -0.39 is 5.97 Å². The van der Waals surface area contributed by atoms with E-state index in [0.717, 1.165) is 16.7 Å². The highest BCUT2D eigenvalue weighted by Gasteiger charge is 2.27. The van der Waals surface area contributed by atoms with Crippen LogP contribution in [0.25, 0.3) is 22.3 Å². The van der Waals surface area contributed by atoms with E-state index in [1.165, 1.54) is 12.1 Å². The maximum atomic E-state index is 13.3. The summed E-state index contributed by atoms with van der Waals surface area (Å²) in [5.74, 6) is -0.695. The summed E-state index contributed by atoms with van der Waals surface area (Å²) in [6, 6.07) is 16.9. The molecule has 1 aliphatic rings. The molecule has 1 aliphatic heterocycles. The summed E-state index contributed by atoms with van der Waals surface area (Å²) < 4.78 is 6.37. The summed E-state index contributed by atoms with van der Waals surface area (Å²) >= 11 is 0. The number of aromatic carboxylic acids is 1. The highest BCUT2D eigenvalue weighted by atomic mass is 16.4. The number of rotatable bonds is 10. The van der Waals surface area contributed by atoms with E-state index in [1.807, 2.05) is 26.0 Å². The second-order valence-corrected chi connectivity index (χ2v) is 9.99. The fraction of sp³-hybridized carbons (Fsp3) is 0.258. The molecule has 5 rings (SSSR count). The van der Waals surface area contributed by atoms with Crippen LogP contribution < -0.4 is 16.1 Å². The summed E-state index contributed by atoms with van der Waals surface area (Å²) in [4.78, 5) is 39.6. The maximum Gasteiger partial charge on any atom is 0.337 e. The van der Waals surface area contributed by atoms with Gasteiger partial charge in [-0.05, 0) is 55.3 Å². The standard InChI is InChI=1S/C31H31N3O6/c1-18-13-24(19(2)33-26-6-4-3-5-23(26)31(38)39)29-25(14-18)27(36)16-28(40-29)20-7-8-22-21(15-20)17-34(30(22)37)11-9-32-10-12-35/h3-8,13-16,19,32-33,35H,9-12,17H2,1-2H3,(H,38,39). The fourth-order valence-electron chi connectivity index (χ4n) is 5.14. The zero-order valence-corrected chi connectivity index (χ0v) is 22.4. The van der Waals surface area contributed by atoms with Crippen molar-refractivity contribution >= 4 is 28.5 Å². The van der Waals surface area contributed by atoms with E-state index in [1.54, 1.807) is 41.3 Å². The minimum atomic E-state index is -1.03. The lowest BCUT2D eigenvalue weighted by Gasteiger charge is -2.19. The molecule has 1 atom stereocenters. The number of aryl methyl sites for hydroxylation is 1. The molecule has 1 amide bonds. The van der Waals surface area contributed by atoms with Crippen molar-refractivity contribution in [2.75, 3.05) is 31.6 Å². The van der Waals surface area contributed by atoms with Gasteiger partial charge in [0.2, 0.25) is 0 Å². The number of carbonyl (C=O) groups excluding carboxylic acids is 1. The Morgan fingerprint density at radius 3 is 2.65 bits per heavy atom. The molecular weight excluding hydrogens is 510 g/mol. The molecule has 0 saturated carbocycles. The number of hydrogen-bond donors (Lipinski definition) is 4. The van der Waals surface area contributed by atoms with E-state index in [9.17, 15) is 19.5 Å². The van der Waals surface area contributed by atoms with Crippen LogP contribution in [0, 0.1) is 6.92 Å². The largest absolute Gasteiger partial charge is 0.478 e. The summed E-state index contributed by atoms with van der Waals surface area (Å²) in [6.45, 7) is 5.86. The smallest absolute Gasteiger partial charge is 0.337 e. The molecule has 0 saturated heterocycles. The summed E-state index contributed by atoms with van der Waals surface area (Å²) in [6.07, 6.45) is 0. The maximum absolute atomic E-state index is 13.3. The van der Waals surface area contributed by atoms with E-state index >= 15 is 0 Å². The fourth-order valence-corrected chi connectivity index (χ4v) is 5.14. The Morgan fingerprint density at radius 1 is 1.07 bits per heavy atom. The highest BCUT2D eigenvalue weighted by Crippen LogP contribution is 2.33. The van der Waals surface area contributed by atoms with Crippen LogP contribution in [0.4, 0.5) is 5.69 Å². The van der Waals surface area contributed by atoms with Crippen molar-refractivity contribution in [3.05, 3.63) is 98.7 Å². The number of aliphatic hydroxyl groups is 1. The average molecular weight is 542 g/mol. The Hall–Kier alpha value is -4.47. The second-order valence-electron chi connectivity index (χ2n) is 9.99. The van der Waals surface area contributed by atoms with E-state index in [-0.39, 0.29) is 29.5 Å². The molecule has 1 aromatic heterocycles. The SMILES string of the molecule is Cc1cc(C(C)Nc2ccccc2C(=O)O)c2oc(-c3ccc4c(c3)CN(CCNCCO)C4=O)cc(=O)c2c1. The average Bonchev–Trinajstić information content (AvgIpc) is 3.25. The lowest BCUT2D eigenvalue weighted by molar-refractivity contribution is 0.0697. The monoisotopic (exact) mass is 541 g/mol. The van der Waals surface area contributed by atoms with Gasteiger partial charge in [-0.3, -0.25) is 9.59 Å². The number of carbonyl (C=O) groups is 2. The lowest BCUT2D eigenvalue weighted by Crippen LogP contribution is -2.33. The Kier molecular flexibility index (Phi) is 7.68. The lowest BCUT2D eigenvalue weighted by atomic mass is 9.99. The molecule has 0 spiro atoms. The summed E-state index contributed by atoms with van der Waals surface area (Å²) in [7, 11) is 0. The van der Waals surface area contributed by atoms with Crippen LogP contribution in [0.15, 0.2) is 69.9 Å². The van der Waals surface area contributed by atoms with Crippen molar-refractivity contribution in [3.63, 3.8) is 0 Å². The highest BCUT2D eigenvalue weighted by molar-refractivity contribution is 5.99. The normalized spacial score (nSPS) is 13.5. The van der Waals surface area contributed by atoms with Crippen LogP contribution in [0.3, 0.4) is 0 Å². The molecule has 3 aromatic carbocycles. The van der Waals surface area contributed by atoms with Gasteiger partial charge in [0.25, 0.3) is 5.91 Å². The number of benzene rings is 3. The first-order chi connectivity index (χ1) is 19.3. The topological polar surface area (TPSA) is 132 Å². The number of nitrogens with zero attached hydrogens (tertiary/aromatic N) is 1. The molecule has 4 N–H and O–H groups in total. The second kappa shape index (κ2) is 11.3. The Morgan fingerprint density at radius 2 is 1.88 bits per heavy atom. The molecule has 9 nitrogen and oxygen atoms in total. The van der Waals surface area contributed by atoms with Gasteiger partial charge < -0.3 is 30.2 Å². The molecule has 0 bridgehead atoms. The van der Waals surface area contributed by atoms with Gasteiger partial charge in [0.15, 0.2) is 5.43 Å². The predicted octanol–water partition coefficient (Wildman–Crippen LogP) is 4.18. The van der Waals surface area contributed by atoms with Gasteiger partial charge in [-0.25, -0.2) is 4.79 Å². The van der Waals surface area contributed by atoms with Gasteiger partial charge in [0.1, 0.15) is 11.3 Å². The van der Waals surface area contributed by atoms with Crippen molar-refractivity contribution in [2.45, 2.75) is 26.4 Å². The van der Waals surface area contributed by atoms with Gasteiger partial charge in [-0.2, -0.15) is 0 Å². The van der Waals surface area contributed by atoms with Crippen molar-refractivity contribution < 1.29 is 24.2 Å².